The molecular weight excluding hydrogens is 270 g/mol. The van der Waals surface area contributed by atoms with Crippen molar-refractivity contribution in [2.45, 2.75) is 0 Å². The van der Waals surface area contributed by atoms with E-state index in [9.17, 15) is 4.79 Å². The Morgan fingerprint density at radius 1 is 1.29 bits per heavy atom. The number of nitrogens with zero attached hydrogens (tertiary/aromatic N) is 4. The summed E-state index contributed by atoms with van der Waals surface area (Å²) in [7, 11) is 1.68. The number of carbonyl (C=O) groups excluding carboxylic acids is 1. The minimum absolute atomic E-state index is 0.260. The second kappa shape index (κ2) is 5.92. The van der Waals surface area contributed by atoms with E-state index in [0.29, 0.717) is 18.9 Å². The SMILES string of the molecule is Cn1ncc(C(=O)Nc2ccccc2N2CCOCC2)n1. The highest BCUT2D eigenvalue weighted by molar-refractivity contribution is 6.04. The van der Waals surface area contributed by atoms with Crippen molar-refractivity contribution >= 4 is 17.3 Å². The van der Waals surface area contributed by atoms with Crippen molar-refractivity contribution in [2.75, 3.05) is 36.5 Å². The molecule has 0 radical (unpaired) electrons. The number of ether oxygens (including phenoxy) is 1. The first-order valence-electron chi connectivity index (χ1n) is 6.83. The summed E-state index contributed by atoms with van der Waals surface area (Å²) in [5.41, 5.74) is 2.07. The molecule has 0 aliphatic carbocycles. The van der Waals surface area contributed by atoms with Crippen LogP contribution in [0.1, 0.15) is 10.5 Å². The van der Waals surface area contributed by atoms with Crippen LogP contribution in [0.25, 0.3) is 0 Å². The number of aromatic nitrogens is 3. The van der Waals surface area contributed by atoms with Crippen LogP contribution in [-0.4, -0.2) is 47.2 Å². The molecule has 2 aromatic rings. The maximum Gasteiger partial charge on any atom is 0.277 e. The summed E-state index contributed by atoms with van der Waals surface area (Å²) in [6.07, 6.45) is 1.45. The van der Waals surface area contributed by atoms with E-state index in [0.717, 1.165) is 24.5 Å². The van der Waals surface area contributed by atoms with Crippen LogP contribution in [0.4, 0.5) is 11.4 Å². The molecule has 0 atom stereocenters. The number of morpholine rings is 1. The Bertz CT molecular complexity index is 634. The fourth-order valence-electron chi connectivity index (χ4n) is 2.30. The van der Waals surface area contributed by atoms with Gasteiger partial charge in [0.25, 0.3) is 5.91 Å². The first kappa shape index (κ1) is 13.6. The lowest BCUT2D eigenvalue weighted by Crippen LogP contribution is -2.36. The lowest BCUT2D eigenvalue weighted by Gasteiger charge is -2.30. The summed E-state index contributed by atoms with van der Waals surface area (Å²) in [5.74, 6) is -0.260. The van der Waals surface area contributed by atoms with Gasteiger partial charge in [0.2, 0.25) is 0 Å². The summed E-state index contributed by atoms with van der Waals surface area (Å²) in [6, 6.07) is 7.75. The van der Waals surface area contributed by atoms with Crippen molar-refractivity contribution in [2.24, 2.45) is 7.05 Å². The van der Waals surface area contributed by atoms with Crippen molar-refractivity contribution < 1.29 is 9.53 Å². The minimum Gasteiger partial charge on any atom is -0.378 e. The highest BCUT2D eigenvalue weighted by Crippen LogP contribution is 2.26. The van der Waals surface area contributed by atoms with Crippen LogP contribution < -0.4 is 10.2 Å². The number of hydrogen-bond donors (Lipinski definition) is 1. The summed E-state index contributed by atoms with van der Waals surface area (Å²) in [6.45, 7) is 3.04. The molecule has 7 heteroatoms. The summed E-state index contributed by atoms with van der Waals surface area (Å²) >= 11 is 0. The van der Waals surface area contributed by atoms with Crippen LogP contribution in [0.3, 0.4) is 0 Å². The molecule has 1 aliphatic rings. The van der Waals surface area contributed by atoms with Gasteiger partial charge in [-0.25, -0.2) is 0 Å². The molecule has 7 nitrogen and oxygen atoms in total. The van der Waals surface area contributed by atoms with Crippen LogP contribution in [0.5, 0.6) is 0 Å². The zero-order valence-corrected chi connectivity index (χ0v) is 11.8. The third-order valence-corrected chi connectivity index (χ3v) is 3.34. The molecule has 0 unspecified atom stereocenters. The van der Waals surface area contributed by atoms with E-state index in [-0.39, 0.29) is 5.91 Å². The van der Waals surface area contributed by atoms with Crippen LogP contribution >= 0.6 is 0 Å². The Balaban J connectivity index is 1.80. The Hall–Kier alpha value is -2.41. The van der Waals surface area contributed by atoms with Crippen LogP contribution in [-0.2, 0) is 11.8 Å². The first-order valence-corrected chi connectivity index (χ1v) is 6.83. The van der Waals surface area contributed by atoms with Crippen LogP contribution in [0, 0.1) is 0 Å². The number of amides is 1. The predicted molar refractivity (Wildman–Crippen MR) is 78.4 cm³/mol. The number of nitrogens with one attached hydrogen (secondary N) is 1. The van der Waals surface area contributed by atoms with Gasteiger partial charge in [0.1, 0.15) is 0 Å². The van der Waals surface area contributed by atoms with Gasteiger partial charge in [0, 0.05) is 20.1 Å². The first-order chi connectivity index (χ1) is 10.2. The second-order valence-electron chi connectivity index (χ2n) is 4.79. The van der Waals surface area contributed by atoms with Crippen LogP contribution in [0.15, 0.2) is 30.5 Å². The molecule has 2 heterocycles. The van der Waals surface area contributed by atoms with Gasteiger partial charge in [0.15, 0.2) is 5.69 Å². The fourth-order valence-corrected chi connectivity index (χ4v) is 2.30. The molecule has 1 fully saturated rings. The molecule has 1 amide bonds. The van der Waals surface area contributed by atoms with Crippen LogP contribution in [0.2, 0.25) is 0 Å². The lowest BCUT2D eigenvalue weighted by molar-refractivity contribution is 0.102. The van der Waals surface area contributed by atoms with E-state index < -0.39 is 0 Å². The van der Waals surface area contributed by atoms with E-state index in [4.69, 9.17) is 4.74 Å². The standard InChI is InChI=1S/C14H17N5O2/c1-18-15-10-12(17-18)14(20)16-11-4-2-3-5-13(11)19-6-8-21-9-7-19/h2-5,10H,6-9H2,1H3,(H,16,20). The van der Waals surface area contributed by atoms with E-state index in [2.05, 4.69) is 20.4 Å². The summed E-state index contributed by atoms with van der Waals surface area (Å²) in [5, 5.41) is 10.8. The zero-order valence-electron chi connectivity index (χ0n) is 11.8. The highest BCUT2D eigenvalue weighted by Gasteiger charge is 2.17. The van der Waals surface area contributed by atoms with Gasteiger partial charge in [0.05, 0.1) is 30.8 Å². The van der Waals surface area contributed by atoms with Gasteiger partial charge in [-0.05, 0) is 12.1 Å². The van der Waals surface area contributed by atoms with Crippen molar-refractivity contribution in [3.05, 3.63) is 36.2 Å². The number of aryl methyl sites for hydroxylation is 1. The molecule has 1 aromatic heterocycles. The maximum atomic E-state index is 12.2. The molecule has 0 bridgehead atoms. The predicted octanol–water partition coefficient (Wildman–Crippen LogP) is 0.904. The Morgan fingerprint density at radius 2 is 2.05 bits per heavy atom. The molecule has 1 aliphatic heterocycles. The summed E-state index contributed by atoms with van der Waals surface area (Å²) < 4.78 is 5.36. The van der Waals surface area contributed by atoms with Gasteiger partial charge >= 0.3 is 0 Å². The van der Waals surface area contributed by atoms with E-state index in [1.54, 1.807) is 7.05 Å². The minimum atomic E-state index is -0.260. The Morgan fingerprint density at radius 3 is 2.76 bits per heavy atom. The Labute approximate surface area is 122 Å². The maximum absolute atomic E-state index is 12.2. The van der Waals surface area contributed by atoms with Crippen molar-refractivity contribution in [1.29, 1.82) is 0 Å². The van der Waals surface area contributed by atoms with Gasteiger partial charge in [-0.3, -0.25) is 4.79 Å². The Kier molecular flexibility index (Phi) is 3.83. The van der Waals surface area contributed by atoms with E-state index in [1.165, 1.54) is 11.0 Å². The van der Waals surface area contributed by atoms with Gasteiger partial charge in [-0.1, -0.05) is 12.1 Å². The number of hydrogen-bond acceptors (Lipinski definition) is 5. The molecule has 0 spiro atoms. The average Bonchev–Trinajstić information content (AvgIpc) is 2.95. The molecule has 21 heavy (non-hydrogen) atoms. The van der Waals surface area contributed by atoms with Gasteiger partial charge in [-0.2, -0.15) is 9.90 Å². The summed E-state index contributed by atoms with van der Waals surface area (Å²) in [4.78, 5) is 15.8. The van der Waals surface area contributed by atoms with Crippen molar-refractivity contribution in [1.82, 2.24) is 15.0 Å². The number of rotatable bonds is 3. The average molecular weight is 287 g/mol. The van der Waals surface area contributed by atoms with Crippen molar-refractivity contribution in [3.63, 3.8) is 0 Å². The molecule has 3 rings (SSSR count). The molecule has 110 valence electrons. The van der Waals surface area contributed by atoms with Crippen molar-refractivity contribution in [3.8, 4) is 0 Å². The quantitative estimate of drug-likeness (QED) is 0.908. The monoisotopic (exact) mass is 287 g/mol. The zero-order chi connectivity index (χ0) is 14.7. The van der Waals surface area contributed by atoms with E-state index >= 15 is 0 Å². The smallest absolute Gasteiger partial charge is 0.277 e. The number of carbonyl (C=O) groups is 1. The highest BCUT2D eigenvalue weighted by atomic mass is 16.5. The lowest BCUT2D eigenvalue weighted by atomic mass is 10.2. The largest absolute Gasteiger partial charge is 0.378 e. The third-order valence-electron chi connectivity index (χ3n) is 3.34. The number of para-hydroxylation sites is 2. The third kappa shape index (κ3) is 3.03. The second-order valence-corrected chi connectivity index (χ2v) is 4.79. The number of anilines is 2. The molecular formula is C14H17N5O2. The molecule has 1 N–H and O–H groups in total. The molecule has 1 aromatic carbocycles. The van der Waals surface area contributed by atoms with Gasteiger partial charge < -0.3 is 15.0 Å². The van der Waals surface area contributed by atoms with E-state index in [1.807, 2.05) is 24.3 Å². The fraction of sp³-hybridized carbons (Fsp3) is 0.357. The molecule has 1 saturated heterocycles. The topological polar surface area (TPSA) is 72.3 Å². The normalized spacial score (nSPS) is 15.0. The number of benzene rings is 1. The van der Waals surface area contributed by atoms with Gasteiger partial charge in [-0.15, -0.1) is 5.10 Å². The molecule has 0 saturated carbocycles.